The summed E-state index contributed by atoms with van der Waals surface area (Å²) in [5, 5.41) is -0.398. The second kappa shape index (κ2) is 44.4. The van der Waals surface area contributed by atoms with Gasteiger partial charge in [-0.05, 0) is 235 Å². The van der Waals surface area contributed by atoms with E-state index < -0.39 is 137 Å². The molecular weight excluding hydrogens is 1920 g/mol. The fourth-order valence-electron chi connectivity index (χ4n) is 24.6. The van der Waals surface area contributed by atoms with E-state index in [-0.39, 0.29) is 80.6 Å². The standard InChI is InChI=1S/C23H31F2N3O3S.C22H29F2N3O.C21H27F2N3O3S.C19H25F2N3O3S.C19H25F2N3O/c24-17-5-6-21(25)20(9-17)23-22(26)10-18(14-31-23)27-8-7-15-12-28(13-16(15)11-27)32(29,30)19-3-1-2-4-19;23-17-3-4-20(24)19(7-17)22-21(25)8-18(13-28-22)27-6-5-15-10-26(9-14-1-2-14)11-16(15)12-27;22-15-1-4-19(23)18(7-15)21-20(24)8-16(12-29-21)25-6-5-13-10-26(11-14(13)9-25)30(27,28)17-2-3-17;1-28(25,26)24-9-12-4-5-23(8-13(12)10-24)15-7-18(22)19(27-11-15)16-6-14(20)2-3-17(16)21;1-23-8-12-4-5-24(10-13(12)9-23)15-7-18(22)19(25-11-15)16-6-14(20)2-3-17(16)21/h5-6,9,18-19,22-23H,1-4,7-8,10-14,26H2;3-4,7,14,18,21-22H,1-2,5-6,8-13,25H2;1,4,7,16-17,20-21H,2-3,5-6,8-12,24H2;2-3,6,15,18-19H,4-5,7-11,22H2,1H3;2-3,6,15,18-19H,4-5,7-11,22H2,1H3/t18-,22+,23-;18-,21+,22-;16-,20+,21-;2*15-,18+,19-/m11111/s1. The number of benzene rings is 5. The van der Waals surface area contributed by atoms with Gasteiger partial charge in [-0.3, -0.25) is 34.3 Å². The van der Waals surface area contributed by atoms with Gasteiger partial charge in [-0.1, -0.05) is 40.7 Å². The molecule has 143 heavy (non-hydrogen) atoms. The molecule has 0 unspecified atom stereocenters. The fraction of sp³-hybridized carbons (Fsp3) is 0.615. The van der Waals surface area contributed by atoms with E-state index in [0.29, 0.717) is 111 Å². The molecule has 0 bridgehead atoms. The lowest BCUT2D eigenvalue weighted by atomic mass is 9.92. The van der Waals surface area contributed by atoms with Crippen molar-refractivity contribution >= 4 is 30.1 Å². The molecule has 3 aliphatic carbocycles. The van der Waals surface area contributed by atoms with Crippen molar-refractivity contribution in [1.29, 1.82) is 0 Å². The van der Waals surface area contributed by atoms with Gasteiger partial charge in [0.2, 0.25) is 30.1 Å². The zero-order valence-corrected chi connectivity index (χ0v) is 84.0. The number of nitrogens with two attached hydrogens (primary N) is 5. The highest BCUT2D eigenvalue weighted by atomic mass is 32.2. The summed E-state index contributed by atoms with van der Waals surface area (Å²) in [6.07, 6.45) is 14.1. The zero-order valence-electron chi connectivity index (χ0n) is 81.5. The molecule has 15 aliphatic heterocycles. The van der Waals surface area contributed by atoms with Crippen molar-refractivity contribution in [2.24, 2.45) is 34.6 Å². The summed E-state index contributed by atoms with van der Waals surface area (Å²) >= 11 is 0. The van der Waals surface area contributed by atoms with Crippen LogP contribution in [0.25, 0.3) is 0 Å². The van der Waals surface area contributed by atoms with E-state index in [9.17, 15) is 69.2 Å². The minimum atomic E-state index is -3.23. The van der Waals surface area contributed by atoms with Crippen LogP contribution in [0.15, 0.2) is 147 Å². The lowest BCUT2D eigenvalue weighted by Gasteiger charge is -2.42. The fourth-order valence-corrected chi connectivity index (χ4v) is 29.3. The number of nitrogens with zero attached hydrogens (tertiary/aromatic N) is 10. The summed E-state index contributed by atoms with van der Waals surface area (Å²) in [6, 6.07) is 15.7. The number of hydrogen-bond donors (Lipinski definition) is 5. The van der Waals surface area contributed by atoms with Gasteiger partial charge in [0.15, 0.2) is 0 Å². The Labute approximate surface area is 833 Å². The number of rotatable bonds is 17. The Kier molecular flexibility index (Phi) is 32.5. The molecule has 5 aromatic rings. The smallest absolute Gasteiger partial charge is 0.217 e. The Hall–Kier alpha value is -6.85. The van der Waals surface area contributed by atoms with Gasteiger partial charge >= 0.3 is 0 Å². The van der Waals surface area contributed by atoms with Gasteiger partial charge in [-0.25, -0.2) is 69.2 Å². The summed E-state index contributed by atoms with van der Waals surface area (Å²) < 4.78 is 248. The Morgan fingerprint density at radius 2 is 0.538 bits per heavy atom. The molecule has 5 saturated heterocycles. The van der Waals surface area contributed by atoms with Crippen LogP contribution in [0.4, 0.5) is 43.9 Å². The van der Waals surface area contributed by atoms with E-state index in [1.807, 2.05) is 0 Å². The second-order valence-electron chi connectivity index (χ2n) is 43.1. The van der Waals surface area contributed by atoms with Crippen molar-refractivity contribution in [3.63, 3.8) is 0 Å². The van der Waals surface area contributed by atoms with Crippen molar-refractivity contribution in [2.45, 2.75) is 217 Å². The highest BCUT2D eigenvalue weighted by Gasteiger charge is 2.49. The van der Waals surface area contributed by atoms with Crippen LogP contribution in [0.2, 0.25) is 0 Å². The number of halogens is 10. The summed E-state index contributed by atoms with van der Waals surface area (Å²) in [4.78, 5) is 16.8. The molecule has 15 atom stereocenters. The van der Waals surface area contributed by atoms with E-state index in [2.05, 4.69) is 41.3 Å². The number of hydrogen-bond acceptors (Lipinski definition) is 23. The molecule has 26 nitrogen and oxygen atoms in total. The maximum atomic E-state index is 14.2. The molecule has 3 saturated carbocycles. The first-order chi connectivity index (χ1) is 68.4. The van der Waals surface area contributed by atoms with Gasteiger partial charge in [0.1, 0.15) is 88.7 Å². The summed E-state index contributed by atoms with van der Waals surface area (Å²) in [7, 11) is -7.43. The van der Waals surface area contributed by atoms with Gasteiger partial charge in [0, 0.05) is 226 Å². The molecule has 0 amide bonds. The molecule has 15 heterocycles. The van der Waals surface area contributed by atoms with Crippen LogP contribution in [0.5, 0.6) is 0 Å². The molecule has 0 radical (unpaired) electrons. The maximum Gasteiger partial charge on any atom is 0.217 e. The van der Waals surface area contributed by atoms with E-state index in [0.717, 1.165) is 246 Å². The zero-order chi connectivity index (χ0) is 100. The quantitative estimate of drug-likeness (QED) is 0.0427. The molecule has 39 heteroatoms. The van der Waals surface area contributed by atoms with Crippen LogP contribution < -0.4 is 28.7 Å². The SMILES string of the molecule is CN1CC2=C(C1)CN([C@H]1CO[C@H](c3cc(F)ccc3F)[C@@H](N)C1)CC2.CS(=O)(=O)N1CC2=C(CN([C@H]3CO[C@H](c4cc(F)ccc4F)[C@@H](N)C3)CC2)C1.N[C@H]1C[C@@H](N2CCC3=C(C2)CN(S(=O)(=O)C2CC2)C3)CO[C@@H]1c1cc(F)ccc1F.N[C@H]1C[C@@H](N2CCC3=C(C2)CN(S(=O)(=O)C2CCCC2)C3)CO[C@@H]1c1cc(F)ccc1F.N[C@H]1C[C@@H](N2CCC3=C(CN(CC4CC4)C3)C2)CO[C@@H]1c1cc(F)ccc1F. The van der Waals surface area contributed by atoms with Crippen molar-refractivity contribution in [3.8, 4) is 0 Å². The van der Waals surface area contributed by atoms with Crippen LogP contribution in [-0.4, -0.2) is 327 Å². The van der Waals surface area contributed by atoms with Gasteiger partial charge in [0.25, 0.3) is 0 Å². The first kappa shape index (κ1) is 105. The topological polar surface area (TPSA) is 311 Å². The molecule has 0 aromatic heterocycles. The Bertz CT molecular complexity index is 6020. The van der Waals surface area contributed by atoms with Crippen LogP contribution in [-0.2, 0) is 53.8 Å². The van der Waals surface area contributed by atoms with E-state index in [1.165, 1.54) is 75.5 Å². The molecular formula is C104H137F10N15O11S3. The maximum absolute atomic E-state index is 14.2. The van der Waals surface area contributed by atoms with E-state index in [1.54, 1.807) is 25.3 Å². The minimum Gasteiger partial charge on any atom is -0.370 e. The van der Waals surface area contributed by atoms with Crippen LogP contribution >= 0.6 is 0 Å². The number of ether oxygens (including phenoxy) is 5. The second-order valence-corrected chi connectivity index (χ2v) is 49.5. The van der Waals surface area contributed by atoms with E-state index >= 15 is 0 Å². The Morgan fingerprint density at radius 1 is 0.301 bits per heavy atom. The largest absolute Gasteiger partial charge is 0.370 e. The normalized spacial score (nSPS) is 31.1. The first-order valence-electron chi connectivity index (χ1n) is 51.1. The predicted molar refractivity (Wildman–Crippen MR) is 523 cm³/mol. The molecule has 18 aliphatic rings. The Balaban J connectivity index is 0.000000114. The van der Waals surface area contributed by atoms with Gasteiger partial charge in [0.05, 0.1) is 49.8 Å². The average Bonchev–Trinajstić information content (AvgIpc) is 1.62. The highest BCUT2D eigenvalue weighted by Crippen LogP contribution is 2.45. The molecule has 10 N–H and O–H groups in total. The molecule has 8 fully saturated rings. The van der Waals surface area contributed by atoms with Gasteiger partial charge < -0.3 is 52.4 Å². The molecule has 5 aromatic carbocycles. The predicted octanol–water partition coefficient (Wildman–Crippen LogP) is 11.0. The number of likely N-dealkylation sites (N-methyl/N-ethyl adjacent to an activating group) is 1. The lowest BCUT2D eigenvalue weighted by molar-refractivity contribution is -0.0506. The average molecular weight is 2060 g/mol. The van der Waals surface area contributed by atoms with Crippen molar-refractivity contribution in [1.82, 2.24) is 47.2 Å². The third-order valence-corrected chi connectivity index (χ3v) is 38.7. The summed E-state index contributed by atoms with van der Waals surface area (Å²) in [5.41, 5.74) is 46.1. The molecule has 23 rings (SSSR count). The Morgan fingerprint density at radius 3 is 0.818 bits per heavy atom. The molecule has 0 spiro atoms. The van der Waals surface area contributed by atoms with Crippen molar-refractivity contribution < 1.29 is 92.8 Å². The number of sulfonamides is 3. The minimum absolute atomic E-state index is 0.0733. The summed E-state index contributed by atoms with van der Waals surface area (Å²) in [6.45, 7) is 19.4. The van der Waals surface area contributed by atoms with Crippen molar-refractivity contribution in [3.05, 3.63) is 233 Å². The van der Waals surface area contributed by atoms with E-state index in [4.69, 9.17) is 52.4 Å². The van der Waals surface area contributed by atoms with Crippen molar-refractivity contribution in [2.75, 3.05) is 184 Å². The lowest BCUT2D eigenvalue weighted by Crippen LogP contribution is -2.51. The third kappa shape index (κ3) is 24.1. The first-order valence-corrected chi connectivity index (χ1v) is 55.9. The summed E-state index contributed by atoms with van der Waals surface area (Å²) in [5.74, 6) is -3.95. The molecule has 782 valence electrons. The van der Waals surface area contributed by atoms with Gasteiger partial charge in [-0.15, -0.1) is 0 Å². The monoisotopic (exact) mass is 2060 g/mol. The van der Waals surface area contributed by atoms with Crippen LogP contribution in [0.3, 0.4) is 0 Å². The van der Waals surface area contributed by atoms with Crippen LogP contribution in [0.1, 0.15) is 174 Å². The highest BCUT2D eigenvalue weighted by molar-refractivity contribution is 7.90. The van der Waals surface area contributed by atoms with Gasteiger partial charge in [-0.2, -0.15) is 12.9 Å². The van der Waals surface area contributed by atoms with Crippen LogP contribution in [0, 0.1) is 64.1 Å². The third-order valence-electron chi connectivity index (χ3n) is 32.9.